The quantitative estimate of drug-likeness (QED) is 0.0441. The molecule has 0 aliphatic heterocycles. The van der Waals surface area contributed by atoms with Gasteiger partial charge in [0, 0.05) is 6.42 Å². The third-order valence-corrected chi connectivity index (χ3v) is 8.53. The van der Waals surface area contributed by atoms with Gasteiger partial charge in [-0.2, -0.15) is 0 Å². The fraction of sp³-hybridized carbons (Fsp3) is 0.868. The van der Waals surface area contributed by atoms with Crippen molar-refractivity contribution in [1.82, 2.24) is 5.32 Å². The lowest BCUT2D eigenvalue weighted by Crippen LogP contribution is -2.50. The third-order valence-electron chi connectivity index (χ3n) is 8.53. The molecule has 0 aliphatic carbocycles. The van der Waals surface area contributed by atoms with E-state index in [9.17, 15) is 20.1 Å². The maximum Gasteiger partial charge on any atom is 0.220 e. The van der Waals surface area contributed by atoms with Gasteiger partial charge in [0.15, 0.2) is 0 Å². The number of rotatable bonds is 33. The van der Waals surface area contributed by atoms with Gasteiger partial charge in [0.25, 0.3) is 0 Å². The number of hydrogen-bond acceptors (Lipinski definition) is 4. The van der Waals surface area contributed by atoms with E-state index in [0.717, 1.165) is 38.5 Å². The molecule has 3 atom stereocenters. The van der Waals surface area contributed by atoms with Gasteiger partial charge in [0.2, 0.25) is 5.91 Å². The Morgan fingerprint density at radius 2 is 0.930 bits per heavy atom. The molecule has 0 saturated carbocycles. The fourth-order valence-electron chi connectivity index (χ4n) is 5.57. The van der Waals surface area contributed by atoms with Crippen molar-refractivity contribution >= 4 is 5.91 Å². The minimum absolute atomic E-state index is 0.162. The molecule has 5 nitrogen and oxygen atoms in total. The van der Waals surface area contributed by atoms with Crippen LogP contribution >= 0.6 is 0 Å². The Balaban J connectivity index is 3.73. The highest BCUT2D eigenvalue weighted by Crippen LogP contribution is 2.13. The van der Waals surface area contributed by atoms with Crippen molar-refractivity contribution in [3.8, 4) is 0 Å². The Hall–Kier alpha value is -1.17. The lowest BCUT2D eigenvalue weighted by molar-refractivity contribution is -0.124. The molecule has 0 aromatic heterocycles. The van der Waals surface area contributed by atoms with Crippen LogP contribution in [0, 0.1) is 0 Å². The predicted molar refractivity (Wildman–Crippen MR) is 185 cm³/mol. The Morgan fingerprint density at radius 3 is 1.35 bits per heavy atom. The minimum atomic E-state index is -1.16. The second kappa shape index (κ2) is 33.7. The lowest BCUT2D eigenvalue weighted by Gasteiger charge is -2.26. The van der Waals surface area contributed by atoms with E-state index in [2.05, 4.69) is 43.5 Å². The third kappa shape index (κ3) is 29.3. The van der Waals surface area contributed by atoms with Crippen LogP contribution < -0.4 is 5.32 Å². The average molecular weight is 608 g/mol. The molecule has 0 bridgehead atoms. The second-order valence-corrected chi connectivity index (χ2v) is 12.8. The average Bonchev–Trinajstić information content (AvgIpc) is 3.01. The molecule has 0 unspecified atom stereocenters. The molecule has 0 aromatic rings. The van der Waals surface area contributed by atoms with Gasteiger partial charge < -0.3 is 20.6 Å². The van der Waals surface area contributed by atoms with Crippen molar-refractivity contribution in [2.45, 2.75) is 205 Å². The van der Waals surface area contributed by atoms with Crippen LogP contribution in [0.4, 0.5) is 0 Å². The molecule has 0 saturated heterocycles. The zero-order valence-electron chi connectivity index (χ0n) is 28.6. The topological polar surface area (TPSA) is 89.8 Å². The van der Waals surface area contributed by atoms with Gasteiger partial charge in [-0.1, -0.05) is 141 Å². The maximum atomic E-state index is 12.3. The fourth-order valence-corrected chi connectivity index (χ4v) is 5.57. The van der Waals surface area contributed by atoms with E-state index in [1.54, 1.807) is 0 Å². The van der Waals surface area contributed by atoms with Crippen LogP contribution in [0.25, 0.3) is 0 Å². The van der Waals surface area contributed by atoms with E-state index in [1.165, 1.54) is 122 Å². The molecular formula is C38H73NO4. The number of amides is 1. The van der Waals surface area contributed by atoms with Crippen molar-refractivity contribution in [2.75, 3.05) is 6.61 Å². The number of aliphatic hydroxyl groups is 3. The Bertz CT molecular complexity index is 635. The van der Waals surface area contributed by atoms with E-state index in [-0.39, 0.29) is 12.5 Å². The summed E-state index contributed by atoms with van der Waals surface area (Å²) in [6, 6.07) is -0.825. The predicted octanol–water partition coefficient (Wildman–Crippen LogP) is 9.87. The highest BCUT2D eigenvalue weighted by molar-refractivity contribution is 5.76. The summed E-state index contributed by atoms with van der Waals surface area (Å²) >= 11 is 0. The van der Waals surface area contributed by atoms with E-state index in [4.69, 9.17) is 0 Å². The zero-order valence-corrected chi connectivity index (χ0v) is 28.6. The minimum Gasteiger partial charge on any atom is -0.394 e. The summed E-state index contributed by atoms with van der Waals surface area (Å²) < 4.78 is 0. The number of aliphatic hydroxyl groups excluding tert-OH is 3. The van der Waals surface area contributed by atoms with Crippen molar-refractivity contribution in [3.05, 3.63) is 24.3 Å². The first-order chi connectivity index (χ1) is 21.1. The molecule has 254 valence electrons. The normalized spacial score (nSPS) is 14.1. The highest BCUT2D eigenvalue weighted by Gasteiger charge is 2.26. The molecule has 5 heteroatoms. The summed E-state index contributed by atoms with van der Waals surface area (Å²) in [6.07, 6.45) is 38.4. The van der Waals surface area contributed by atoms with Crippen molar-refractivity contribution in [3.63, 3.8) is 0 Å². The van der Waals surface area contributed by atoms with Crippen LogP contribution in [-0.2, 0) is 4.79 Å². The largest absolute Gasteiger partial charge is 0.394 e. The van der Waals surface area contributed by atoms with Gasteiger partial charge in [-0.15, -0.1) is 0 Å². The number of carbonyl (C=O) groups is 1. The van der Waals surface area contributed by atoms with Gasteiger partial charge in [-0.05, 0) is 64.2 Å². The Morgan fingerprint density at radius 1 is 0.558 bits per heavy atom. The number of unbranched alkanes of at least 4 members (excludes halogenated alkanes) is 21. The molecule has 43 heavy (non-hydrogen) atoms. The van der Waals surface area contributed by atoms with E-state index in [1.807, 2.05) is 0 Å². The van der Waals surface area contributed by atoms with Crippen LogP contribution in [0.5, 0.6) is 0 Å². The van der Waals surface area contributed by atoms with Gasteiger partial charge in [-0.25, -0.2) is 0 Å². The van der Waals surface area contributed by atoms with Crippen molar-refractivity contribution < 1.29 is 20.1 Å². The number of carbonyl (C=O) groups excluding carboxylic acids is 1. The molecule has 0 aliphatic rings. The molecule has 4 N–H and O–H groups in total. The van der Waals surface area contributed by atoms with Crippen LogP contribution in [0.2, 0.25) is 0 Å². The van der Waals surface area contributed by atoms with E-state index < -0.39 is 18.2 Å². The summed E-state index contributed by atoms with van der Waals surface area (Å²) in [7, 11) is 0. The monoisotopic (exact) mass is 608 g/mol. The first kappa shape index (κ1) is 41.8. The Kier molecular flexibility index (Phi) is 32.8. The zero-order chi connectivity index (χ0) is 31.6. The van der Waals surface area contributed by atoms with Crippen LogP contribution in [-0.4, -0.2) is 46.1 Å². The Labute approximate surface area is 267 Å². The molecule has 0 spiro atoms. The molecule has 0 fully saturated rings. The van der Waals surface area contributed by atoms with Crippen LogP contribution in [0.3, 0.4) is 0 Å². The molecule has 0 aromatic carbocycles. The molecular weight excluding hydrogens is 534 g/mol. The molecule has 0 heterocycles. The first-order valence-electron chi connectivity index (χ1n) is 18.6. The molecule has 0 rings (SSSR count). The summed E-state index contributed by atoms with van der Waals surface area (Å²) in [5, 5.41) is 33.3. The van der Waals surface area contributed by atoms with Gasteiger partial charge >= 0.3 is 0 Å². The number of allylic oxidation sites excluding steroid dienone is 4. The van der Waals surface area contributed by atoms with Crippen molar-refractivity contribution in [2.24, 2.45) is 0 Å². The maximum absolute atomic E-state index is 12.3. The molecule has 0 radical (unpaired) electrons. The SMILES string of the molecule is CCCCCCCCC/C=C\CCCCCCCCC(=O)N[C@@H](CO)[C@H](O)[C@H](O)CCC/C=C/CCCCCCCCC. The van der Waals surface area contributed by atoms with Crippen molar-refractivity contribution in [1.29, 1.82) is 0 Å². The summed E-state index contributed by atoms with van der Waals surface area (Å²) in [5.74, 6) is -0.162. The number of nitrogens with one attached hydrogen (secondary N) is 1. The van der Waals surface area contributed by atoms with E-state index >= 15 is 0 Å². The van der Waals surface area contributed by atoms with Crippen LogP contribution in [0.15, 0.2) is 24.3 Å². The van der Waals surface area contributed by atoms with Crippen LogP contribution in [0.1, 0.15) is 187 Å². The number of hydrogen-bond donors (Lipinski definition) is 4. The van der Waals surface area contributed by atoms with E-state index in [0.29, 0.717) is 12.8 Å². The standard InChI is InChI=1S/C38H73NO4/c1-3-5-7-9-11-13-15-17-18-19-20-21-23-25-27-29-31-33-37(42)39-35(34-40)38(43)36(41)32-30-28-26-24-22-16-14-12-10-8-6-4-2/h18-19,24,26,35-36,38,40-41,43H,3-17,20-23,25,27-34H2,1-2H3,(H,39,42)/b19-18-,26-24+/t35-,36+,38-/m0/s1. The molecule has 1 amide bonds. The van der Waals surface area contributed by atoms with Gasteiger partial charge in [-0.3, -0.25) is 4.79 Å². The summed E-state index contributed by atoms with van der Waals surface area (Å²) in [5.41, 5.74) is 0. The first-order valence-corrected chi connectivity index (χ1v) is 18.6. The lowest BCUT2D eigenvalue weighted by atomic mass is 10.0. The van der Waals surface area contributed by atoms with Gasteiger partial charge in [0.1, 0.15) is 6.10 Å². The second-order valence-electron chi connectivity index (χ2n) is 12.8. The summed E-state index contributed by atoms with van der Waals surface area (Å²) in [6.45, 7) is 4.13. The van der Waals surface area contributed by atoms with Gasteiger partial charge in [0.05, 0.1) is 18.8 Å². The summed E-state index contributed by atoms with van der Waals surface area (Å²) in [4.78, 5) is 12.3. The highest BCUT2D eigenvalue weighted by atomic mass is 16.3. The smallest absolute Gasteiger partial charge is 0.220 e.